The van der Waals surface area contributed by atoms with Crippen LogP contribution in [0.4, 0.5) is 10.1 Å². The van der Waals surface area contributed by atoms with Gasteiger partial charge in [0.15, 0.2) is 11.5 Å². The highest BCUT2D eigenvalue weighted by atomic mass is 19.1. The topological polar surface area (TPSA) is 99.0 Å². The van der Waals surface area contributed by atoms with E-state index in [2.05, 4.69) is 25.2 Å². The number of amides is 1. The molecule has 0 spiro atoms. The zero-order valence-corrected chi connectivity index (χ0v) is 13.0. The molecule has 3 aromatic rings. The maximum Gasteiger partial charge on any atom is 0.342 e. The summed E-state index contributed by atoms with van der Waals surface area (Å²) in [6.45, 7) is 0. The predicted molar refractivity (Wildman–Crippen MR) is 84.8 cm³/mol. The Balaban J connectivity index is 1.83. The maximum absolute atomic E-state index is 13.9. The van der Waals surface area contributed by atoms with Gasteiger partial charge in [-0.25, -0.2) is 14.2 Å². The molecule has 0 aliphatic heterocycles. The number of anilines is 1. The normalized spacial score (nSPS) is 10.3. The molecule has 9 heteroatoms. The van der Waals surface area contributed by atoms with Crippen molar-refractivity contribution < 1.29 is 18.7 Å². The average molecular weight is 341 g/mol. The molecule has 8 nitrogen and oxygen atoms in total. The van der Waals surface area contributed by atoms with Crippen LogP contribution in [0.25, 0.3) is 5.82 Å². The third kappa shape index (κ3) is 3.34. The number of rotatable bonds is 4. The minimum atomic E-state index is -0.894. The number of halogens is 1. The van der Waals surface area contributed by atoms with Crippen LogP contribution in [0.5, 0.6) is 0 Å². The quantitative estimate of drug-likeness (QED) is 0.727. The van der Waals surface area contributed by atoms with Crippen molar-refractivity contribution in [2.24, 2.45) is 0 Å². The van der Waals surface area contributed by atoms with E-state index in [1.807, 2.05) is 0 Å². The largest absolute Gasteiger partial charge is 0.465 e. The molecule has 0 fully saturated rings. The van der Waals surface area contributed by atoms with E-state index in [4.69, 9.17) is 0 Å². The smallest absolute Gasteiger partial charge is 0.342 e. The van der Waals surface area contributed by atoms with Crippen LogP contribution in [0.3, 0.4) is 0 Å². The fraction of sp³-hybridized carbons (Fsp3) is 0.0625. The second-order valence-electron chi connectivity index (χ2n) is 4.85. The molecule has 0 radical (unpaired) electrons. The van der Waals surface area contributed by atoms with E-state index < -0.39 is 17.7 Å². The summed E-state index contributed by atoms with van der Waals surface area (Å²) in [5, 5.41) is 10.2. The van der Waals surface area contributed by atoms with Crippen LogP contribution < -0.4 is 5.32 Å². The molecule has 0 aliphatic carbocycles. The van der Waals surface area contributed by atoms with Gasteiger partial charge in [0, 0.05) is 12.4 Å². The predicted octanol–water partition coefficient (Wildman–Crippen LogP) is 1.84. The lowest BCUT2D eigenvalue weighted by Gasteiger charge is -2.10. The van der Waals surface area contributed by atoms with Crippen LogP contribution in [0.1, 0.15) is 20.8 Å². The first-order valence-corrected chi connectivity index (χ1v) is 7.10. The van der Waals surface area contributed by atoms with Crippen molar-refractivity contribution in [3.05, 3.63) is 66.1 Å². The molecule has 2 aromatic heterocycles. The molecule has 0 unspecified atom stereocenters. The molecular formula is C16H12FN5O3. The molecule has 0 aliphatic rings. The van der Waals surface area contributed by atoms with Crippen LogP contribution in [-0.4, -0.2) is 38.7 Å². The molecule has 1 amide bonds. The van der Waals surface area contributed by atoms with Gasteiger partial charge in [-0.3, -0.25) is 9.36 Å². The second-order valence-corrected chi connectivity index (χ2v) is 4.85. The second kappa shape index (κ2) is 6.87. The maximum atomic E-state index is 13.9. The van der Waals surface area contributed by atoms with Gasteiger partial charge in [0.25, 0.3) is 5.91 Å². The molecule has 0 saturated heterocycles. The molecule has 3 rings (SSSR count). The highest BCUT2D eigenvalue weighted by molar-refractivity contribution is 6.07. The van der Waals surface area contributed by atoms with Crippen LogP contribution in [0, 0.1) is 5.82 Å². The summed E-state index contributed by atoms with van der Waals surface area (Å²) in [5.41, 5.74) is -0.373. The van der Waals surface area contributed by atoms with Gasteiger partial charge in [0.1, 0.15) is 17.7 Å². The highest BCUT2D eigenvalue weighted by Gasteiger charge is 2.20. The first-order valence-electron chi connectivity index (χ1n) is 7.10. The summed E-state index contributed by atoms with van der Waals surface area (Å²) in [7, 11) is 1.13. The number of carbonyl (C=O) groups excluding carboxylic acids is 2. The fourth-order valence-corrected chi connectivity index (χ4v) is 2.10. The molecule has 1 N–H and O–H groups in total. The lowest BCUT2D eigenvalue weighted by Crippen LogP contribution is -2.18. The van der Waals surface area contributed by atoms with Gasteiger partial charge in [0.2, 0.25) is 0 Å². The molecule has 0 atom stereocenters. The molecule has 126 valence electrons. The Morgan fingerprint density at radius 3 is 2.68 bits per heavy atom. The van der Waals surface area contributed by atoms with Crippen LogP contribution >= 0.6 is 0 Å². The van der Waals surface area contributed by atoms with Gasteiger partial charge < -0.3 is 10.1 Å². The number of hydrogen-bond donors (Lipinski definition) is 1. The molecule has 0 saturated carbocycles. The zero-order chi connectivity index (χ0) is 17.8. The Bertz CT molecular complexity index is 910. The lowest BCUT2D eigenvalue weighted by molar-refractivity contribution is 0.0597. The van der Waals surface area contributed by atoms with Gasteiger partial charge in [-0.05, 0) is 24.3 Å². The van der Waals surface area contributed by atoms with E-state index in [0.29, 0.717) is 5.82 Å². The van der Waals surface area contributed by atoms with E-state index in [-0.39, 0.29) is 16.9 Å². The van der Waals surface area contributed by atoms with Crippen molar-refractivity contribution in [3.8, 4) is 5.82 Å². The van der Waals surface area contributed by atoms with Crippen molar-refractivity contribution in [2.45, 2.75) is 0 Å². The van der Waals surface area contributed by atoms with Gasteiger partial charge in [0.05, 0.1) is 12.8 Å². The van der Waals surface area contributed by atoms with Crippen molar-refractivity contribution in [3.63, 3.8) is 0 Å². The van der Waals surface area contributed by atoms with E-state index in [9.17, 15) is 14.0 Å². The molecule has 2 heterocycles. The van der Waals surface area contributed by atoms with Gasteiger partial charge in [-0.15, -0.1) is 10.2 Å². The summed E-state index contributed by atoms with van der Waals surface area (Å²) >= 11 is 0. The Morgan fingerprint density at radius 2 is 2.04 bits per heavy atom. The third-order valence-electron chi connectivity index (χ3n) is 3.30. The number of carbonyl (C=O) groups is 2. The van der Waals surface area contributed by atoms with E-state index in [1.165, 1.54) is 18.2 Å². The van der Waals surface area contributed by atoms with E-state index in [1.54, 1.807) is 29.4 Å². The molecular weight excluding hydrogens is 329 g/mol. The Morgan fingerprint density at radius 1 is 1.20 bits per heavy atom. The highest BCUT2D eigenvalue weighted by Crippen LogP contribution is 2.20. The van der Waals surface area contributed by atoms with Crippen molar-refractivity contribution >= 4 is 17.6 Å². The summed E-state index contributed by atoms with van der Waals surface area (Å²) in [5.74, 6) is -1.85. The third-order valence-corrected chi connectivity index (χ3v) is 3.30. The zero-order valence-electron chi connectivity index (χ0n) is 13.0. The number of benzene rings is 1. The van der Waals surface area contributed by atoms with Crippen molar-refractivity contribution in [1.82, 2.24) is 19.7 Å². The SMILES string of the molecule is COC(=O)c1c(F)cccc1NC(=O)c1ccc(-n2ccnc2)nn1. The average Bonchev–Trinajstić information content (AvgIpc) is 3.16. The fourth-order valence-electron chi connectivity index (χ4n) is 2.10. The Labute approximate surface area is 141 Å². The summed E-state index contributed by atoms with van der Waals surface area (Å²) in [4.78, 5) is 27.9. The van der Waals surface area contributed by atoms with Crippen LogP contribution in [-0.2, 0) is 4.74 Å². The molecule has 1 aromatic carbocycles. The number of hydrogen-bond acceptors (Lipinski definition) is 6. The first-order chi connectivity index (χ1) is 12.1. The monoisotopic (exact) mass is 341 g/mol. The number of esters is 1. The van der Waals surface area contributed by atoms with Crippen LogP contribution in [0.2, 0.25) is 0 Å². The minimum Gasteiger partial charge on any atom is -0.465 e. The van der Waals surface area contributed by atoms with Crippen molar-refractivity contribution in [2.75, 3.05) is 12.4 Å². The number of nitrogens with zero attached hydrogens (tertiary/aromatic N) is 4. The minimum absolute atomic E-state index is 0.00365. The Kier molecular flexibility index (Phi) is 4.46. The molecule has 25 heavy (non-hydrogen) atoms. The van der Waals surface area contributed by atoms with Crippen molar-refractivity contribution in [1.29, 1.82) is 0 Å². The van der Waals surface area contributed by atoms with E-state index in [0.717, 1.165) is 13.2 Å². The first kappa shape index (κ1) is 16.2. The lowest BCUT2D eigenvalue weighted by atomic mass is 10.1. The summed E-state index contributed by atoms with van der Waals surface area (Å²) in [6, 6.07) is 6.89. The number of imidazole rings is 1. The number of ether oxygens (including phenoxy) is 1. The van der Waals surface area contributed by atoms with Gasteiger partial charge in [-0.2, -0.15) is 0 Å². The van der Waals surface area contributed by atoms with E-state index >= 15 is 0 Å². The summed E-state index contributed by atoms with van der Waals surface area (Å²) in [6.07, 6.45) is 4.80. The molecule has 0 bridgehead atoms. The van der Waals surface area contributed by atoms with Crippen LogP contribution in [0.15, 0.2) is 49.1 Å². The number of aromatic nitrogens is 4. The number of methoxy groups -OCH3 is 1. The number of nitrogens with one attached hydrogen (secondary N) is 1. The van der Waals surface area contributed by atoms with Gasteiger partial charge in [-0.1, -0.05) is 6.07 Å². The summed E-state index contributed by atoms with van der Waals surface area (Å²) < 4.78 is 20.0. The van der Waals surface area contributed by atoms with Gasteiger partial charge >= 0.3 is 5.97 Å². The standard InChI is InChI=1S/C16H12FN5O3/c1-25-16(24)14-10(17)3-2-4-11(14)19-15(23)12-5-6-13(21-20-12)22-8-7-18-9-22/h2-9H,1H3,(H,19,23). The Hall–Kier alpha value is -3.62.